The summed E-state index contributed by atoms with van der Waals surface area (Å²) in [6.07, 6.45) is -0.161. The highest BCUT2D eigenvalue weighted by Gasteiger charge is 2.46. The number of halogens is 4. The molecule has 0 aromatic carbocycles. The molecule has 1 aliphatic heterocycles. The van der Waals surface area contributed by atoms with Gasteiger partial charge in [0.05, 0.1) is 24.8 Å². The van der Waals surface area contributed by atoms with E-state index in [1.807, 2.05) is 6.07 Å². The maximum atomic E-state index is 14.8. The van der Waals surface area contributed by atoms with Crippen molar-refractivity contribution < 1.29 is 31.8 Å². The molecule has 1 aromatic heterocycles. The van der Waals surface area contributed by atoms with Crippen molar-refractivity contribution in [2.24, 2.45) is 5.92 Å². The lowest BCUT2D eigenvalue weighted by Crippen LogP contribution is -2.46. The molecule has 1 amide bonds. The summed E-state index contributed by atoms with van der Waals surface area (Å²) in [5, 5.41) is 12.0. The molecule has 1 N–H and O–H groups in total. The average molecular weight is 415 g/mol. The van der Waals surface area contributed by atoms with Crippen LogP contribution in [0.5, 0.6) is 5.75 Å². The van der Waals surface area contributed by atoms with Crippen LogP contribution in [0, 0.1) is 17.2 Å². The molecule has 1 unspecified atom stereocenters. The fraction of sp³-hybridized carbons (Fsp3) is 0.632. The maximum Gasteiger partial charge on any atom is 0.306 e. The number of hydrogen-bond acceptors (Lipinski definition) is 5. The average Bonchev–Trinajstić information content (AvgIpc) is 3.42. The molecule has 10 heteroatoms. The number of hydrogen-bond donors (Lipinski definition) is 1. The molecule has 6 nitrogen and oxygen atoms in total. The molecular formula is C19H21F4N3O3. The fourth-order valence-electron chi connectivity index (χ4n) is 3.02. The fourth-order valence-corrected chi connectivity index (χ4v) is 3.02. The van der Waals surface area contributed by atoms with E-state index in [1.165, 1.54) is 0 Å². The molecule has 0 bridgehead atoms. The van der Waals surface area contributed by atoms with E-state index in [2.05, 4.69) is 10.3 Å². The molecule has 1 aromatic rings. The van der Waals surface area contributed by atoms with E-state index in [4.69, 9.17) is 9.47 Å². The lowest BCUT2D eigenvalue weighted by Gasteiger charge is -2.35. The Hall–Kier alpha value is -2.41. The van der Waals surface area contributed by atoms with Crippen LogP contribution in [0.25, 0.3) is 0 Å². The van der Waals surface area contributed by atoms with Crippen molar-refractivity contribution in [1.82, 2.24) is 10.3 Å². The third-order valence-electron chi connectivity index (χ3n) is 4.97. The summed E-state index contributed by atoms with van der Waals surface area (Å²) in [5.41, 5.74) is -3.83. The summed E-state index contributed by atoms with van der Waals surface area (Å²) in [6.45, 7) is 1.32. The molecule has 158 valence electrons. The molecule has 1 saturated carbocycles. The molecule has 1 aliphatic carbocycles. The molecule has 2 fully saturated rings. The van der Waals surface area contributed by atoms with E-state index in [0.29, 0.717) is 19.3 Å². The van der Waals surface area contributed by atoms with E-state index >= 15 is 0 Å². The first-order chi connectivity index (χ1) is 13.5. The number of nitriles is 1. The van der Waals surface area contributed by atoms with Crippen molar-refractivity contribution >= 4 is 5.91 Å². The minimum atomic E-state index is -3.51. The number of carbonyl (C=O) groups is 1. The number of pyridine rings is 1. The number of alkyl halides is 4. The van der Waals surface area contributed by atoms with E-state index in [9.17, 15) is 27.6 Å². The SMILES string of the molecule is CC(C#N)(CC1CC1)NC(=O)c1cc(O[C@@](C)(F)C(F)F)c(C2(F)COC2)cn1. The normalized spacial score (nSPS) is 22.0. The second kappa shape index (κ2) is 7.44. The summed E-state index contributed by atoms with van der Waals surface area (Å²) in [4.78, 5) is 16.4. The van der Waals surface area contributed by atoms with Gasteiger partial charge in [-0.25, -0.2) is 13.2 Å². The van der Waals surface area contributed by atoms with Gasteiger partial charge in [-0.1, -0.05) is 12.8 Å². The van der Waals surface area contributed by atoms with Gasteiger partial charge >= 0.3 is 12.3 Å². The lowest BCUT2D eigenvalue weighted by molar-refractivity contribution is -0.160. The van der Waals surface area contributed by atoms with Gasteiger partial charge in [-0.2, -0.15) is 9.65 Å². The molecule has 2 heterocycles. The van der Waals surface area contributed by atoms with Crippen molar-refractivity contribution in [3.05, 3.63) is 23.5 Å². The van der Waals surface area contributed by atoms with Gasteiger partial charge in [-0.05, 0) is 19.3 Å². The Morgan fingerprint density at radius 1 is 1.48 bits per heavy atom. The second-order valence-electron chi connectivity index (χ2n) is 7.96. The van der Waals surface area contributed by atoms with Crippen molar-refractivity contribution in [3.8, 4) is 11.8 Å². The van der Waals surface area contributed by atoms with Crippen LogP contribution in [0.15, 0.2) is 12.3 Å². The van der Waals surface area contributed by atoms with Crippen LogP contribution in [0.2, 0.25) is 0 Å². The van der Waals surface area contributed by atoms with Gasteiger partial charge in [-0.15, -0.1) is 0 Å². The summed E-state index contributed by atoms with van der Waals surface area (Å²) in [5.74, 6) is -4.40. The molecule has 2 atom stereocenters. The van der Waals surface area contributed by atoms with Gasteiger partial charge in [0.15, 0.2) is 5.67 Å². The van der Waals surface area contributed by atoms with Crippen molar-refractivity contribution in [2.45, 2.75) is 56.6 Å². The van der Waals surface area contributed by atoms with Gasteiger partial charge in [-0.3, -0.25) is 9.78 Å². The van der Waals surface area contributed by atoms with Crippen molar-refractivity contribution in [2.75, 3.05) is 13.2 Å². The Labute approximate surface area is 165 Å². The largest absolute Gasteiger partial charge is 0.452 e. The Balaban J connectivity index is 1.88. The quantitative estimate of drug-likeness (QED) is 0.658. The van der Waals surface area contributed by atoms with Crippen molar-refractivity contribution in [3.63, 3.8) is 0 Å². The van der Waals surface area contributed by atoms with Crippen LogP contribution < -0.4 is 10.1 Å². The minimum Gasteiger partial charge on any atom is -0.452 e. The highest BCUT2D eigenvalue weighted by molar-refractivity contribution is 5.93. The summed E-state index contributed by atoms with van der Waals surface area (Å²) in [7, 11) is 0. The summed E-state index contributed by atoms with van der Waals surface area (Å²) in [6, 6.07) is 2.95. The zero-order valence-electron chi connectivity index (χ0n) is 16.0. The highest BCUT2D eigenvalue weighted by atomic mass is 19.3. The third-order valence-corrected chi connectivity index (χ3v) is 4.97. The lowest BCUT2D eigenvalue weighted by atomic mass is 9.94. The zero-order valence-corrected chi connectivity index (χ0v) is 16.0. The molecule has 29 heavy (non-hydrogen) atoms. The predicted molar refractivity (Wildman–Crippen MR) is 92.8 cm³/mol. The second-order valence-corrected chi connectivity index (χ2v) is 7.96. The minimum absolute atomic E-state index is 0.286. The Morgan fingerprint density at radius 2 is 2.14 bits per heavy atom. The van der Waals surface area contributed by atoms with Crippen molar-refractivity contribution in [1.29, 1.82) is 5.26 Å². The smallest absolute Gasteiger partial charge is 0.306 e. The number of nitrogens with zero attached hydrogens (tertiary/aromatic N) is 2. The van der Waals surface area contributed by atoms with Gasteiger partial charge in [0.25, 0.3) is 5.91 Å². The maximum absolute atomic E-state index is 14.8. The van der Waals surface area contributed by atoms with Crippen LogP contribution >= 0.6 is 0 Å². The van der Waals surface area contributed by atoms with Gasteiger partial charge < -0.3 is 14.8 Å². The van der Waals surface area contributed by atoms with Crippen LogP contribution in [0.3, 0.4) is 0 Å². The first-order valence-corrected chi connectivity index (χ1v) is 9.15. The number of ether oxygens (including phenoxy) is 2. The Morgan fingerprint density at radius 3 is 2.62 bits per heavy atom. The monoisotopic (exact) mass is 415 g/mol. The first-order valence-electron chi connectivity index (χ1n) is 9.15. The highest BCUT2D eigenvalue weighted by Crippen LogP contribution is 2.41. The van der Waals surface area contributed by atoms with E-state index in [-0.39, 0.29) is 24.5 Å². The van der Waals surface area contributed by atoms with Gasteiger partial charge in [0, 0.05) is 19.2 Å². The topological polar surface area (TPSA) is 84.2 Å². The first kappa shape index (κ1) is 21.3. The molecule has 3 rings (SSSR count). The Kier molecular flexibility index (Phi) is 5.47. The standard InChI is InChI=1S/C19H21F4N3O3/c1-17(8-24,6-11-3-4-11)26-15(27)13-5-14(29-18(2,22)16(20)21)12(7-25-13)19(23)9-28-10-19/h5,7,11,16H,3-4,6,9-10H2,1-2H3,(H,26,27)/t17?,18-/m1/s1. The summed E-state index contributed by atoms with van der Waals surface area (Å²) >= 11 is 0. The number of aromatic nitrogens is 1. The zero-order chi connectivity index (χ0) is 21.4. The van der Waals surface area contributed by atoms with E-state index in [1.54, 1.807) is 6.92 Å². The van der Waals surface area contributed by atoms with Gasteiger partial charge in [0.1, 0.15) is 17.0 Å². The third kappa shape index (κ3) is 4.61. The number of carbonyl (C=O) groups excluding carboxylic acids is 1. The molecular weight excluding hydrogens is 394 g/mol. The summed E-state index contributed by atoms with van der Waals surface area (Å²) < 4.78 is 64.3. The van der Waals surface area contributed by atoms with Gasteiger partial charge in [0.2, 0.25) is 0 Å². The van der Waals surface area contributed by atoms with E-state index in [0.717, 1.165) is 25.1 Å². The van der Waals surface area contributed by atoms with Crippen LogP contribution in [0.1, 0.15) is 49.2 Å². The number of nitrogens with one attached hydrogen (secondary N) is 1. The van der Waals surface area contributed by atoms with Crippen LogP contribution in [-0.4, -0.2) is 41.9 Å². The predicted octanol–water partition coefficient (Wildman–Crippen LogP) is 3.42. The van der Waals surface area contributed by atoms with E-state index < -0.39 is 35.1 Å². The number of rotatable bonds is 8. The van der Waals surface area contributed by atoms with Crippen LogP contribution in [-0.2, 0) is 10.4 Å². The molecule has 1 saturated heterocycles. The molecule has 0 radical (unpaired) electrons. The molecule has 2 aliphatic rings. The Bertz CT molecular complexity index is 834. The van der Waals surface area contributed by atoms with Crippen LogP contribution in [0.4, 0.5) is 17.6 Å². The number of amides is 1. The molecule has 0 spiro atoms.